The lowest BCUT2D eigenvalue weighted by Crippen LogP contribution is -2.47. The number of carbonyl (C=O) groups is 2. The van der Waals surface area contributed by atoms with Crippen LogP contribution in [0.3, 0.4) is 0 Å². The fourth-order valence-electron chi connectivity index (χ4n) is 1.38. The Hall–Kier alpha value is -1.50. The van der Waals surface area contributed by atoms with Crippen LogP contribution >= 0.6 is 11.7 Å². The summed E-state index contributed by atoms with van der Waals surface area (Å²) in [6.45, 7) is 0.488. The molecule has 0 aliphatic carbocycles. The minimum absolute atomic E-state index is 0.00287. The molecule has 80 valence electrons. The third kappa shape index (κ3) is 2.50. The van der Waals surface area contributed by atoms with Gasteiger partial charge in [0.1, 0.15) is 0 Å². The fraction of sp³-hybridized carbons (Fsp3) is 0.500. The van der Waals surface area contributed by atoms with Gasteiger partial charge in [-0.05, 0) is 6.42 Å². The average molecular weight is 226 g/mol. The first-order valence-electron chi connectivity index (χ1n) is 4.61. The van der Waals surface area contributed by atoms with E-state index in [1.165, 1.54) is 6.20 Å². The highest BCUT2D eigenvalue weighted by Crippen LogP contribution is 2.04. The van der Waals surface area contributed by atoms with Crippen molar-refractivity contribution in [2.24, 2.45) is 0 Å². The lowest BCUT2D eigenvalue weighted by molar-refractivity contribution is -0.122. The van der Waals surface area contributed by atoms with Crippen LogP contribution in [0.15, 0.2) is 6.20 Å². The van der Waals surface area contributed by atoms with Crippen molar-refractivity contribution in [3.05, 3.63) is 11.9 Å². The molecular weight excluding hydrogens is 216 g/mol. The number of piperidine rings is 1. The molecule has 1 fully saturated rings. The minimum atomic E-state index is -0.232. The lowest BCUT2D eigenvalue weighted by Gasteiger charge is -2.22. The Kier molecular flexibility index (Phi) is 2.91. The molecule has 0 aromatic carbocycles. The maximum Gasteiger partial charge on any atom is 0.272 e. The number of amides is 2. The third-order valence-electron chi connectivity index (χ3n) is 2.19. The predicted molar refractivity (Wildman–Crippen MR) is 53.4 cm³/mol. The van der Waals surface area contributed by atoms with Gasteiger partial charge in [-0.25, -0.2) is 0 Å². The SMILES string of the molecule is O=C1CCC(NC(=O)c2cnsn2)CN1. The van der Waals surface area contributed by atoms with Gasteiger partial charge in [-0.1, -0.05) is 0 Å². The zero-order valence-electron chi connectivity index (χ0n) is 7.90. The standard InChI is InChI=1S/C8H10N4O2S/c13-7-2-1-5(3-9-7)11-8(14)6-4-10-15-12-6/h4-5H,1-3H2,(H,9,13)(H,11,14). The molecule has 2 heterocycles. The normalized spacial score (nSPS) is 20.8. The van der Waals surface area contributed by atoms with Gasteiger partial charge in [0.05, 0.1) is 17.9 Å². The van der Waals surface area contributed by atoms with Gasteiger partial charge in [0, 0.05) is 19.0 Å². The topological polar surface area (TPSA) is 84.0 Å². The minimum Gasteiger partial charge on any atom is -0.354 e. The Morgan fingerprint density at radius 3 is 3.13 bits per heavy atom. The second kappa shape index (κ2) is 4.35. The monoisotopic (exact) mass is 226 g/mol. The highest BCUT2D eigenvalue weighted by atomic mass is 32.1. The summed E-state index contributed by atoms with van der Waals surface area (Å²) in [6.07, 6.45) is 2.57. The number of hydrogen-bond acceptors (Lipinski definition) is 5. The van der Waals surface area contributed by atoms with Crippen LogP contribution in [0.5, 0.6) is 0 Å². The second-order valence-electron chi connectivity index (χ2n) is 3.31. The van der Waals surface area contributed by atoms with Crippen LogP contribution in [0.4, 0.5) is 0 Å². The molecule has 1 aliphatic rings. The van der Waals surface area contributed by atoms with E-state index in [4.69, 9.17) is 0 Å². The van der Waals surface area contributed by atoms with Crippen LogP contribution in [0.25, 0.3) is 0 Å². The first-order chi connectivity index (χ1) is 7.25. The van der Waals surface area contributed by atoms with Crippen molar-refractivity contribution in [1.29, 1.82) is 0 Å². The van der Waals surface area contributed by atoms with Gasteiger partial charge in [-0.15, -0.1) is 0 Å². The zero-order valence-corrected chi connectivity index (χ0v) is 8.71. The van der Waals surface area contributed by atoms with E-state index in [0.717, 1.165) is 11.7 Å². The van der Waals surface area contributed by atoms with E-state index in [2.05, 4.69) is 19.4 Å². The van der Waals surface area contributed by atoms with E-state index in [-0.39, 0.29) is 17.9 Å². The molecule has 2 N–H and O–H groups in total. The van der Waals surface area contributed by atoms with Crippen LogP contribution in [-0.2, 0) is 4.79 Å². The van der Waals surface area contributed by atoms with Gasteiger partial charge >= 0.3 is 0 Å². The predicted octanol–water partition coefficient (Wildman–Crippen LogP) is -0.453. The Labute approximate surface area is 90.4 Å². The van der Waals surface area contributed by atoms with Crippen molar-refractivity contribution in [3.8, 4) is 0 Å². The molecule has 1 aromatic heterocycles. The van der Waals surface area contributed by atoms with Crippen LogP contribution in [0.1, 0.15) is 23.3 Å². The fourth-order valence-corrected chi connectivity index (χ4v) is 1.79. The maximum absolute atomic E-state index is 11.5. The van der Waals surface area contributed by atoms with E-state index >= 15 is 0 Å². The van der Waals surface area contributed by atoms with Gasteiger partial charge in [0.15, 0.2) is 5.69 Å². The molecule has 2 amide bonds. The summed E-state index contributed by atoms with van der Waals surface area (Å²) in [5.41, 5.74) is 0.330. The lowest BCUT2D eigenvalue weighted by atomic mass is 10.1. The van der Waals surface area contributed by atoms with Gasteiger partial charge in [0.25, 0.3) is 5.91 Å². The Morgan fingerprint density at radius 1 is 1.67 bits per heavy atom. The van der Waals surface area contributed by atoms with Crippen molar-refractivity contribution in [1.82, 2.24) is 19.4 Å². The molecular formula is C8H10N4O2S. The summed E-state index contributed by atoms with van der Waals surface area (Å²) in [4.78, 5) is 22.4. The van der Waals surface area contributed by atoms with Crippen molar-refractivity contribution in [2.45, 2.75) is 18.9 Å². The molecule has 1 aliphatic heterocycles. The summed E-state index contributed by atoms with van der Waals surface area (Å²) >= 11 is 1.000. The van der Waals surface area contributed by atoms with Crippen LogP contribution in [0.2, 0.25) is 0 Å². The average Bonchev–Trinajstić information content (AvgIpc) is 2.74. The zero-order chi connectivity index (χ0) is 10.7. The number of rotatable bonds is 2. The largest absolute Gasteiger partial charge is 0.354 e. The number of aromatic nitrogens is 2. The van der Waals surface area contributed by atoms with E-state index in [1.807, 2.05) is 0 Å². The summed E-state index contributed by atoms with van der Waals surface area (Å²) in [6, 6.07) is -0.00287. The smallest absolute Gasteiger partial charge is 0.272 e. The molecule has 1 unspecified atom stereocenters. The Bertz CT molecular complexity index is 355. The third-order valence-corrected chi connectivity index (χ3v) is 2.67. The van der Waals surface area contributed by atoms with Crippen LogP contribution in [-0.4, -0.2) is 33.1 Å². The van der Waals surface area contributed by atoms with Crippen molar-refractivity contribution in [3.63, 3.8) is 0 Å². The molecule has 0 spiro atoms. The summed E-state index contributed by atoms with van der Waals surface area (Å²) < 4.78 is 7.58. The Balaban J connectivity index is 1.87. The molecule has 0 radical (unpaired) electrons. The molecule has 0 saturated carbocycles. The highest BCUT2D eigenvalue weighted by Gasteiger charge is 2.20. The van der Waals surface area contributed by atoms with E-state index in [1.54, 1.807) is 0 Å². The molecule has 1 aromatic rings. The molecule has 15 heavy (non-hydrogen) atoms. The quantitative estimate of drug-likeness (QED) is 0.715. The Morgan fingerprint density at radius 2 is 2.53 bits per heavy atom. The number of carbonyl (C=O) groups excluding carboxylic acids is 2. The van der Waals surface area contributed by atoms with Gasteiger partial charge in [-0.3, -0.25) is 9.59 Å². The van der Waals surface area contributed by atoms with Crippen molar-refractivity contribution >= 4 is 23.5 Å². The molecule has 2 rings (SSSR count). The van der Waals surface area contributed by atoms with Crippen LogP contribution < -0.4 is 10.6 Å². The molecule has 1 atom stereocenters. The number of nitrogens with zero attached hydrogens (tertiary/aromatic N) is 2. The first-order valence-corrected chi connectivity index (χ1v) is 5.34. The van der Waals surface area contributed by atoms with Gasteiger partial charge in [0.2, 0.25) is 5.91 Å². The number of nitrogens with one attached hydrogen (secondary N) is 2. The van der Waals surface area contributed by atoms with Crippen molar-refractivity contribution < 1.29 is 9.59 Å². The summed E-state index contributed by atoms with van der Waals surface area (Å²) in [5.74, 6) is -0.194. The molecule has 0 bridgehead atoms. The van der Waals surface area contributed by atoms with E-state index in [0.29, 0.717) is 25.1 Å². The molecule has 7 heteroatoms. The number of hydrogen-bond donors (Lipinski definition) is 2. The van der Waals surface area contributed by atoms with Crippen LogP contribution in [0, 0.1) is 0 Å². The van der Waals surface area contributed by atoms with E-state index in [9.17, 15) is 9.59 Å². The summed E-state index contributed by atoms with van der Waals surface area (Å²) in [5, 5.41) is 5.49. The molecule has 6 nitrogen and oxygen atoms in total. The highest BCUT2D eigenvalue weighted by molar-refractivity contribution is 6.99. The van der Waals surface area contributed by atoms with Gasteiger partial charge in [-0.2, -0.15) is 8.75 Å². The maximum atomic E-state index is 11.5. The summed E-state index contributed by atoms with van der Waals surface area (Å²) in [7, 11) is 0. The van der Waals surface area contributed by atoms with Gasteiger partial charge < -0.3 is 10.6 Å². The van der Waals surface area contributed by atoms with Crippen molar-refractivity contribution in [2.75, 3.05) is 6.54 Å². The first kappa shape index (κ1) is 10.0. The second-order valence-corrected chi connectivity index (χ2v) is 3.86. The molecule has 1 saturated heterocycles. The van der Waals surface area contributed by atoms with E-state index < -0.39 is 0 Å².